The van der Waals surface area contributed by atoms with Gasteiger partial charge < -0.3 is 5.32 Å². The molecule has 1 heterocycles. The molecule has 0 spiro atoms. The standard InChI is InChI=1S/C14H23ClN2/c1-4-7-16-12(9-11(2)3)10-14-13(15)6-5-8-17-14/h5-6,8,11-12,16H,4,7,9-10H2,1-3H3. The molecule has 96 valence electrons. The van der Waals surface area contributed by atoms with Crippen LogP contribution in [0.5, 0.6) is 0 Å². The Morgan fingerprint density at radius 3 is 2.76 bits per heavy atom. The van der Waals surface area contributed by atoms with E-state index in [4.69, 9.17) is 11.6 Å². The van der Waals surface area contributed by atoms with Gasteiger partial charge in [-0.1, -0.05) is 32.4 Å². The van der Waals surface area contributed by atoms with E-state index in [1.54, 1.807) is 0 Å². The number of hydrogen-bond acceptors (Lipinski definition) is 2. The Morgan fingerprint density at radius 2 is 2.18 bits per heavy atom. The fraction of sp³-hybridized carbons (Fsp3) is 0.643. The van der Waals surface area contributed by atoms with Gasteiger partial charge in [-0.05, 0) is 37.4 Å². The summed E-state index contributed by atoms with van der Waals surface area (Å²) in [6.07, 6.45) is 5.04. The number of halogens is 1. The van der Waals surface area contributed by atoms with E-state index in [-0.39, 0.29) is 0 Å². The van der Waals surface area contributed by atoms with Crippen LogP contribution < -0.4 is 5.32 Å². The van der Waals surface area contributed by atoms with Crippen LogP contribution in [-0.4, -0.2) is 17.6 Å². The topological polar surface area (TPSA) is 24.9 Å². The van der Waals surface area contributed by atoms with Gasteiger partial charge in [0, 0.05) is 18.7 Å². The molecule has 1 N–H and O–H groups in total. The highest BCUT2D eigenvalue weighted by Crippen LogP contribution is 2.16. The number of nitrogens with zero attached hydrogens (tertiary/aromatic N) is 1. The van der Waals surface area contributed by atoms with Crippen molar-refractivity contribution in [3.8, 4) is 0 Å². The molecule has 1 unspecified atom stereocenters. The minimum Gasteiger partial charge on any atom is -0.314 e. The van der Waals surface area contributed by atoms with Gasteiger partial charge in [0.25, 0.3) is 0 Å². The third-order valence-corrected chi connectivity index (χ3v) is 3.06. The molecule has 0 saturated heterocycles. The predicted octanol–water partition coefficient (Wildman–Crippen LogP) is 3.69. The first-order valence-corrected chi connectivity index (χ1v) is 6.84. The van der Waals surface area contributed by atoms with Crippen LogP contribution in [0.3, 0.4) is 0 Å². The Hall–Kier alpha value is -0.600. The van der Waals surface area contributed by atoms with Crippen LogP contribution in [0.15, 0.2) is 18.3 Å². The summed E-state index contributed by atoms with van der Waals surface area (Å²) >= 11 is 6.15. The smallest absolute Gasteiger partial charge is 0.0622 e. The van der Waals surface area contributed by atoms with Crippen molar-refractivity contribution >= 4 is 11.6 Å². The summed E-state index contributed by atoms with van der Waals surface area (Å²) in [4.78, 5) is 4.36. The molecule has 0 fully saturated rings. The SMILES string of the molecule is CCCNC(Cc1ncccc1Cl)CC(C)C. The van der Waals surface area contributed by atoms with Gasteiger partial charge in [-0.15, -0.1) is 0 Å². The fourth-order valence-electron chi connectivity index (χ4n) is 1.96. The van der Waals surface area contributed by atoms with E-state index in [0.29, 0.717) is 12.0 Å². The van der Waals surface area contributed by atoms with E-state index in [1.807, 2.05) is 18.3 Å². The van der Waals surface area contributed by atoms with Crippen molar-refractivity contribution in [1.82, 2.24) is 10.3 Å². The van der Waals surface area contributed by atoms with Crippen molar-refractivity contribution in [1.29, 1.82) is 0 Å². The quantitative estimate of drug-likeness (QED) is 0.803. The highest BCUT2D eigenvalue weighted by molar-refractivity contribution is 6.31. The van der Waals surface area contributed by atoms with Crippen molar-refractivity contribution < 1.29 is 0 Å². The minimum absolute atomic E-state index is 0.474. The lowest BCUT2D eigenvalue weighted by Crippen LogP contribution is -2.33. The first-order valence-electron chi connectivity index (χ1n) is 6.46. The van der Waals surface area contributed by atoms with Crippen LogP contribution in [0.4, 0.5) is 0 Å². The molecule has 2 nitrogen and oxygen atoms in total. The Balaban J connectivity index is 2.61. The zero-order valence-corrected chi connectivity index (χ0v) is 11.8. The molecule has 1 aromatic rings. The molecule has 0 amide bonds. The van der Waals surface area contributed by atoms with Gasteiger partial charge >= 0.3 is 0 Å². The van der Waals surface area contributed by atoms with Gasteiger partial charge in [-0.2, -0.15) is 0 Å². The van der Waals surface area contributed by atoms with E-state index < -0.39 is 0 Å². The van der Waals surface area contributed by atoms with E-state index in [9.17, 15) is 0 Å². The lowest BCUT2D eigenvalue weighted by Gasteiger charge is -2.20. The molecule has 0 radical (unpaired) electrons. The van der Waals surface area contributed by atoms with Gasteiger partial charge in [0.05, 0.1) is 10.7 Å². The molecule has 17 heavy (non-hydrogen) atoms. The van der Waals surface area contributed by atoms with Crippen molar-refractivity contribution in [2.24, 2.45) is 5.92 Å². The Kier molecular flexibility index (Phi) is 6.53. The highest BCUT2D eigenvalue weighted by atomic mass is 35.5. The Bertz CT molecular complexity index is 326. The maximum Gasteiger partial charge on any atom is 0.0622 e. The third-order valence-electron chi connectivity index (χ3n) is 2.71. The molecule has 0 saturated carbocycles. The average Bonchev–Trinajstić information content (AvgIpc) is 2.28. The second-order valence-electron chi connectivity index (χ2n) is 4.92. The molecule has 0 aliphatic rings. The van der Waals surface area contributed by atoms with Gasteiger partial charge in [0.2, 0.25) is 0 Å². The summed E-state index contributed by atoms with van der Waals surface area (Å²) in [5, 5.41) is 4.36. The largest absolute Gasteiger partial charge is 0.314 e. The third kappa shape index (κ3) is 5.51. The maximum absolute atomic E-state index is 6.15. The van der Waals surface area contributed by atoms with E-state index >= 15 is 0 Å². The van der Waals surface area contributed by atoms with Crippen LogP contribution >= 0.6 is 11.6 Å². The van der Waals surface area contributed by atoms with E-state index in [2.05, 4.69) is 31.1 Å². The van der Waals surface area contributed by atoms with Crippen LogP contribution in [0.1, 0.15) is 39.3 Å². The highest BCUT2D eigenvalue weighted by Gasteiger charge is 2.13. The van der Waals surface area contributed by atoms with Crippen molar-refractivity contribution in [3.05, 3.63) is 29.0 Å². The first-order chi connectivity index (χ1) is 8.13. The normalized spacial score (nSPS) is 13.0. The number of nitrogens with one attached hydrogen (secondary N) is 1. The molecule has 1 aromatic heterocycles. The molecule has 1 rings (SSSR count). The van der Waals surface area contributed by atoms with Crippen molar-refractivity contribution in [2.75, 3.05) is 6.54 Å². The second-order valence-corrected chi connectivity index (χ2v) is 5.32. The van der Waals surface area contributed by atoms with Crippen LogP contribution in [-0.2, 0) is 6.42 Å². The fourth-order valence-corrected chi connectivity index (χ4v) is 2.16. The molecule has 0 aliphatic carbocycles. The number of rotatable bonds is 7. The lowest BCUT2D eigenvalue weighted by atomic mass is 9.99. The van der Waals surface area contributed by atoms with Gasteiger partial charge in [-0.25, -0.2) is 0 Å². The molecule has 0 bridgehead atoms. The molecule has 3 heteroatoms. The van der Waals surface area contributed by atoms with Crippen molar-refractivity contribution in [2.45, 2.75) is 46.1 Å². The first kappa shape index (κ1) is 14.5. The Labute approximate surface area is 110 Å². The lowest BCUT2D eigenvalue weighted by molar-refractivity contribution is 0.414. The zero-order valence-electron chi connectivity index (χ0n) is 11.0. The summed E-state index contributed by atoms with van der Waals surface area (Å²) in [6, 6.07) is 4.26. The van der Waals surface area contributed by atoms with Crippen LogP contribution in [0, 0.1) is 5.92 Å². The summed E-state index contributed by atoms with van der Waals surface area (Å²) in [6.45, 7) is 7.75. The summed E-state index contributed by atoms with van der Waals surface area (Å²) in [7, 11) is 0. The van der Waals surface area contributed by atoms with Crippen LogP contribution in [0.2, 0.25) is 5.02 Å². The average molecular weight is 255 g/mol. The minimum atomic E-state index is 0.474. The van der Waals surface area contributed by atoms with Crippen LogP contribution in [0.25, 0.3) is 0 Å². The maximum atomic E-state index is 6.15. The Morgan fingerprint density at radius 1 is 1.41 bits per heavy atom. The summed E-state index contributed by atoms with van der Waals surface area (Å²) in [5.41, 5.74) is 1.00. The summed E-state index contributed by atoms with van der Waals surface area (Å²) < 4.78 is 0. The van der Waals surface area contributed by atoms with Gasteiger partial charge in [0.15, 0.2) is 0 Å². The second kappa shape index (κ2) is 7.67. The molecular formula is C14H23ClN2. The number of aromatic nitrogens is 1. The number of hydrogen-bond donors (Lipinski definition) is 1. The van der Waals surface area contributed by atoms with Gasteiger partial charge in [-0.3, -0.25) is 4.98 Å². The monoisotopic (exact) mass is 254 g/mol. The molecule has 1 atom stereocenters. The molecule has 0 aliphatic heterocycles. The zero-order chi connectivity index (χ0) is 12.7. The van der Waals surface area contributed by atoms with E-state index in [0.717, 1.165) is 36.5 Å². The predicted molar refractivity (Wildman–Crippen MR) is 74.5 cm³/mol. The van der Waals surface area contributed by atoms with Gasteiger partial charge in [0.1, 0.15) is 0 Å². The molecular weight excluding hydrogens is 232 g/mol. The molecule has 0 aromatic carbocycles. The number of pyridine rings is 1. The van der Waals surface area contributed by atoms with Crippen molar-refractivity contribution in [3.63, 3.8) is 0 Å². The van der Waals surface area contributed by atoms with E-state index in [1.165, 1.54) is 0 Å². The summed E-state index contributed by atoms with van der Waals surface area (Å²) in [5.74, 6) is 0.687.